The van der Waals surface area contributed by atoms with E-state index in [4.69, 9.17) is 9.47 Å². The van der Waals surface area contributed by atoms with Crippen LogP contribution in [0.2, 0.25) is 0 Å². The number of benzene rings is 1. The van der Waals surface area contributed by atoms with Crippen molar-refractivity contribution in [3.05, 3.63) is 34.3 Å². The summed E-state index contributed by atoms with van der Waals surface area (Å²) in [5.74, 6) is 2.45. The van der Waals surface area contributed by atoms with E-state index in [1.807, 2.05) is 31.4 Å². The van der Waals surface area contributed by atoms with Gasteiger partial charge in [0.25, 0.3) is 0 Å². The molecule has 0 aliphatic carbocycles. The van der Waals surface area contributed by atoms with E-state index in [9.17, 15) is 0 Å². The molecule has 160 valence electrons. The molecule has 0 amide bonds. The fourth-order valence-electron chi connectivity index (χ4n) is 3.28. The van der Waals surface area contributed by atoms with Gasteiger partial charge in [0, 0.05) is 74.1 Å². The number of hydrogen-bond acceptors (Lipinski definition) is 6. The van der Waals surface area contributed by atoms with Crippen molar-refractivity contribution in [3.63, 3.8) is 0 Å². The molecular formula is C20H30IN5O2S. The lowest BCUT2D eigenvalue weighted by Gasteiger charge is -2.21. The molecule has 0 radical (unpaired) electrons. The summed E-state index contributed by atoms with van der Waals surface area (Å²) in [6.07, 6.45) is 3.87. The largest absolute Gasteiger partial charge is 0.497 e. The minimum absolute atomic E-state index is 0. The molecule has 1 saturated heterocycles. The van der Waals surface area contributed by atoms with Crippen LogP contribution < -0.4 is 25.0 Å². The predicted molar refractivity (Wildman–Crippen MR) is 131 cm³/mol. The van der Waals surface area contributed by atoms with Gasteiger partial charge in [-0.05, 0) is 13.3 Å². The zero-order valence-corrected chi connectivity index (χ0v) is 20.5. The highest BCUT2D eigenvalue weighted by molar-refractivity contribution is 14.0. The summed E-state index contributed by atoms with van der Waals surface area (Å²) >= 11 is 1.75. The smallest absolute Gasteiger partial charge is 0.191 e. The van der Waals surface area contributed by atoms with Crippen molar-refractivity contribution in [2.45, 2.75) is 25.8 Å². The number of hydrogen-bond donors (Lipinski definition) is 2. The zero-order chi connectivity index (χ0) is 19.9. The molecular weight excluding hydrogens is 501 g/mol. The van der Waals surface area contributed by atoms with Gasteiger partial charge in [-0.1, -0.05) is 0 Å². The molecule has 2 heterocycles. The number of anilines is 1. The third kappa shape index (κ3) is 6.63. The van der Waals surface area contributed by atoms with E-state index in [0.717, 1.165) is 60.6 Å². The number of nitrogens with one attached hydrogen (secondary N) is 2. The minimum Gasteiger partial charge on any atom is -0.497 e. The Morgan fingerprint density at radius 3 is 2.59 bits per heavy atom. The van der Waals surface area contributed by atoms with E-state index in [-0.39, 0.29) is 24.0 Å². The van der Waals surface area contributed by atoms with E-state index in [1.165, 1.54) is 4.88 Å². The van der Waals surface area contributed by atoms with Crippen molar-refractivity contribution < 1.29 is 9.47 Å². The molecule has 1 atom stereocenters. The average Bonchev–Trinajstić information content (AvgIpc) is 3.35. The topological polar surface area (TPSA) is 71.0 Å². The van der Waals surface area contributed by atoms with E-state index >= 15 is 0 Å². The SMILES string of the molecule is CN=C(NCCc1ncc(C)s1)NC1CCN(c2cc(OC)cc(OC)c2)C1.I. The first-order chi connectivity index (χ1) is 13.6. The van der Waals surface area contributed by atoms with Gasteiger partial charge in [-0.25, -0.2) is 4.98 Å². The molecule has 2 N–H and O–H groups in total. The highest BCUT2D eigenvalue weighted by Crippen LogP contribution is 2.30. The molecule has 0 spiro atoms. The normalized spacial score (nSPS) is 16.3. The number of rotatable bonds is 7. The highest BCUT2D eigenvalue weighted by Gasteiger charge is 2.24. The van der Waals surface area contributed by atoms with Crippen molar-refractivity contribution in [1.29, 1.82) is 0 Å². The Balaban J connectivity index is 0.00000300. The molecule has 1 fully saturated rings. The Bertz CT molecular complexity index is 792. The van der Waals surface area contributed by atoms with Gasteiger partial charge in [0.15, 0.2) is 5.96 Å². The number of halogens is 1. The van der Waals surface area contributed by atoms with Crippen molar-refractivity contribution in [3.8, 4) is 11.5 Å². The van der Waals surface area contributed by atoms with E-state index in [1.54, 1.807) is 25.6 Å². The number of ether oxygens (including phenoxy) is 2. The molecule has 1 unspecified atom stereocenters. The standard InChI is InChI=1S/C20H29N5O2S.HI/c1-14-12-23-19(28-14)5-7-22-20(21-2)24-15-6-8-25(13-15)16-9-17(26-3)11-18(10-16)27-4;/h9-12,15H,5-8,13H2,1-4H3,(H2,21,22,24);1H. The average molecular weight is 531 g/mol. The molecule has 0 saturated carbocycles. The molecule has 3 rings (SSSR count). The van der Waals surface area contributed by atoms with E-state index < -0.39 is 0 Å². The van der Waals surface area contributed by atoms with Crippen molar-refractivity contribution >= 4 is 47.0 Å². The van der Waals surface area contributed by atoms with Crippen LogP contribution >= 0.6 is 35.3 Å². The predicted octanol–water partition coefficient (Wildman–Crippen LogP) is 3.07. The summed E-state index contributed by atoms with van der Waals surface area (Å²) in [4.78, 5) is 12.4. The van der Waals surface area contributed by atoms with Gasteiger partial charge in [-0.15, -0.1) is 35.3 Å². The van der Waals surface area contributed by atoms with Crippen molar-refractivity contribution in [2.75, 3.05) is 45.8 Å². The molecule has 9 heteroatoms. The number of thiazole rings is 1. The van der Waals surface area contributed by atoms with Crippen LogP contribution in [0.5, 0.6) is 11.5 Å². The second kappa shape index (κ2) is 11.4. The molecule has 1 aromatic heterocycles. The van der Waals surface area contributed by atoms with Crippen LogP contribution in [0.15, 0.2) is 29.4 Å². The Labute approximate surface area is 193 Å². The lowest BCUT2D eigenvalue weighted by atomic mass is 10.2. The van der Waals surface area contributed by atoms with Gasteiger partial charge in [0.1, 0.15) is 11.5 Å². The third-order valence-corrected chi connectivity index (χ3v) is 5.73. The zero-order valence-electron chi connectivity index (χ0n) is 17.4. The fraction of sp³-hybridized carbons (Fsp3) is 0.500. The number of aryl methyl sites for hydroxylation is 1. The van der Waals surface area contributed by atoms with E-state index in [2.05, 4.69) is 32.4 Å². The van der Waals surface area contributed by atoms with Gasteiger partial charge < -0.3 is 25.0 Å². The number of aromatic nitrogens is 1. The maximum atomic E-state index is 5.39. The maximum Gasteiger partial charge on any atom is 0.191 e. The van der Waals surface area contributed by atoms with Gasteiger partial charge in [-0.3, -0.25) is 4.99 Å². The van der Waals surface area contributed by atoms with Crippen LogP contribution in [0.4, 0.5) is 5.69 Å². The van der Waals surface area contributed by atoms with Crippen LogP contribution in [-0.2, 0) is 6.42 Å². The molecule has 2 aromatic rings. The van der Waals surface area contributed by atoms with Crippen molar-refractivity contribution in [1.82, 2.24) is 15.6 Å². The molecule has 0 bridgehead atoms. The van der Waals surface area contributed by atoms with Gasteiger partial charge in [0.2, 0.25) is 0 Å². The molecule has 29 heavy (non-hydrogen) atoms. The van der Waals surface area contributed by atoms with Crippen LogP contribution in [0.3, 0.4) is 0 Å². The van der Waals surface area contributed by atoms with E-state index in [0.29, 0.717) is 6.04 Å². The van der Waals surface area contributed by atoms with Crippen LogP contribution in [0.25, 0.3) is 0 Å². The lowest BCUT2D eigenvalue weighted by molar-refractivity contribution is 0.394. The van der Waals surface area contributed by atoms with Gasteiger partial charge in [0.05, 0.1) is 19.2 Å². The second-order valence-corrected chi connectivity index (χ2v) is 8.08. The second-order valence-electron chi connectivity index (χ2n) is 6.76. The monoisotopic (exact) mass is 531 g/mol. The number of methoxy groups -OCH3 is 2. The van der Waals surface area contributed by atoms with Gasteiger partial charge >= 0.3 is 0 Å². The maximum absolute atomic E-state index is 5.39. The summed E-state index contributed by atoms with van der Waals surface area (Å²) in [7, 11) is 5.16. The highest BCUT2D eigenvalue weighted by atomic mass is 127. The Morgan fingerprint density at radius 1 is 1.28 bits per heavy atom. The first kappa shape index (κ1) is 23.5. The summed E-state index contributed by atoms with van der Waals surface area (Å²) in [6, 6.07) is 6.33. The third-order valence-electron chi connectivity index (χ3n) is 4.75. The Hall–Kier alpha value is -1.75. The molecule has 1 aliphatic rings. The molecule has 7 nitrogen and oxygen atoms in total. The molecule has 1 aromatic carbocycles. The summed E-state index contributed by atoms with van der Waals surface area (Å²) in [5, 5.41) is 8.08. The summed E-state index contributed by atoms with van der Waals surface area (Å²) in [6.45, 7) is 4.78. The first-order valence-electron chi connectivity index (χ1n) is 9.47. The van der Waals surface area contributed by atoms with Gasteiger partial charge in [-0.2, -0.15) is 0 Å². The first-order valence-corrected chi connectivity index (χ1v) is 10.3. The minimum atomic E-state index is 0. The Morgan fingerprint density at radius 2 is 2.00 bits per heavy atom. The summed E-state index contributed by atoms with van der Waals surface area (Å²) < 4.78 is 10.8. The number of aliphatic imine (C=N–C) groups is 1. The van der Waals surface area contributed by atoms with Crippen LogP contribution in [0.1, 0.15) is 16.3 Å². The Kier molecular flexibility index (Phi) is 9.28. The fourth-order valence-corrected chi connectivity index (χ4v) is 4.07. The number of guanidine groups is 1. The quantitative estimate of drug-likeness (QED) is 0.325. The summed E-state index contributed by atoms with van der Waals surface area (Å²) in [5.41, 5.74) is 1.11. The van der Waals surface area contributed by atoms with Crippen LogP contribution in [-0.4, -0.2) is 57.9 Å². The van der Waals surface area contributed by atoms with Crippen LogP contribution in [0, 0.1) is 6.92 Å². The number of nitrogens with zero attached hydrogens (tertiary/aromatic N) is 3. The lowest BCUT2D eigenvalue weighted by Crippen LogP contribution is -2.45. The van der Waals surface area contributed by atoms with Crippen molar-refractivity contribution in [2.24, 2.45) is 4.99 Å². The molecule has 1 aliphatic heterocycles.